The molecule has 0 radical (unpaired) electrons. The van der Waals surface area contributed by atoms with Crippen molar-refractivity contribution in [2.75, 3.05) is 19.5 Å². The maximum absolute atomic E-state index is 12.1. The van der Waals surface area contributed by atoms with Crippen molar-refractivity contribution in [3.05, 3.63) is 34.9 Å². The minimum absolute atomic E-state index is 0.0877. The zero-order chi connectivity index (χ0) is 14.3. The van der Waals surface area contributed by atoms with Crippen LogP contribution in [0.15, 0.2) is 24.3 Å². The number of halogens is 1. The van der Waals surface area contributed by atoms with Crippen LogP contribution in [-0.4, -0.2) is 38.7 Å². The standard InChI is InChI=1S/C13H18ClNO3S/c1-3-19(16,17)12-11(13(12,15)8-18-2)9-4-6-10(14)7-5-9/h4-7,11-12H,3,8,15H2,1-2H3/t11-,12-,13-/m0/s1. The van der Waals surface area contributed by atoms with Gasteiger partial charge in [-0.1, -0.05) is 30.7 Å². The Balaban J connectivity index is 2.36. The van der Waals surface area contributed by atoms with E-state index in [9.17, 15) is 8.42 Å². The van der Waals surface area contributed by atoms with Gasteiger partial charge >= 0.3 is 0 Å². The van der Waals surface area contributed by atoms with Crippen molar-refractivity contribution < 1.29 is 13.2 Å². The Morgan fingerprint density at radius 2 is 1.95 bits per heavy atom. The predicted molar refractivity (Wildman–Crippen MR) is 76.2 cm³/mol. The average Bonchev–Trinajstić information content (AvgIpc) is 2.97. The van der Waals surface area contributed by atoms with Gasteiger partial charge in [0, 0.05) is 23.8 Å². The Labute approximate surface area is 118 Å². The number of sulfone groups is 1. The summed E-state index contributed by atoms with van der Waals surface area (Å²) in [6.45, 7) is 1.87. The third kappa shape index (κ3) is 2.52. The maximum Gasteiger partial charge on any atom is 0.155 e. The molecule has 0 spiro atoms. The van der Waals surface area contributed by atoms with Gasteiger partial charge in [0.05, 0.1) is 17.4 Å². The number of ether oxygens (including phenoxy) is 1. The zero-order valence-electron chi connectivity index (χ0n) is 11.0. The van der Waals surface area contributed by atoms with Gasteiger partial charge in [-0.15, -0.1) is 0 Å². The van der Waals surface area contributed by atoms with Gasteiger partial charge in [-0.05, 0) is 17.7 Å². The van der Waals surface area contributed by atoms with Crippen molar-refractivity contribution in [3.63, 3.8) is 0 Å². The summed E-state index contributed by atoms with van der Waals surface area (Å²) in [4.78, 5) is 0. The molecule has 0 unspecified atom stereocenters. The number of nitrogens with two attached hydrogens (primary N) is 1. The molecule has 0 amide bonds. The van der Waals surface area contributed by atoms with Gasteiger partial charge in [-0.3, -0.25) is 0 Å². The Hall–Kier alpha value is -0.620. The van der Waals surface area contributed by atoms with E-state index in [-0.39, 0.29) is 18.3 Å². The molecule has 4 nitrogen and oxygen atoms in total. The largest absolute Gasteiger partial charge is 0.383 e. The molecule has 0 aromatic heterocycles. The van der Waals surface area contributed by atoms with E-state index in [0.717, 1.165) is 5.56 Å². The Kier molecular flexibility index (Phi) is 3.93. The predicted octanol–water partition coefficient (Wildman–Crippen LogP) is 1.58. The van der Waals surface area contributed by atoms with Crippen LogP contribution < -0.4 is 5.73 Å². The quantitative estimate of drug-likeness (QED) is 0.897. The molecule has 1 fully saturated rings. The molecule has 1 aromatic rings. The van der Waals surface area contributed by atoms with Crippen molar-refractivity contribution in [1.29, 1.82) is 0 Å². The van der Waals surface area contributed by atoms with Crippen LogP contribution in [0, 0.1) is 0 Å². The lowest BCUT2D eigenvalue weighted by Crippen LogP contribution is -2.36. The first-order valence-corrected chi connectivity index (χ1v) is 8.21. The molecule has 6 heteroatoms. The minimum atomic E-state index is -3.20. The van der Waals surface area contributed by atoms with Gasteiger partial charge in [0.25, 0.3) is 0 Å². The molecule has 1 saturated carbocycles. The molecule has 1 aromatic carbocycles. The summed E-state index contributed by atoms with van der Waals surface area (Å²) in [6, 6.07) is 7.15. The molecule has 3 atom stereocenters. The fourth-order valence-corrected chi connectivity index (χ4v) is 4.84. The topological polar surface area (TPSA) is 69.4 Å². The molecule has 2 rings (SSSR count). The first-order chi connectivity index (χ1) is 8.86. The van der Waals surface area contributed by atoms with Gasteiger partial charge in [-0.2, -0.15) is 0 Å². The SMILES string of the molecule is CCS(=O)(=O)[C@H]1[C@H](c2ccc(Cl)cc2)[C@@]1(N)COC. The summed E-state index contributed by atoms with van der Waals surface area (Å²) in [5, 5.41) is 0.0415. The van der Waals surface area contributed by atoms with Gasteiger partial charge in [0.1, 0.15) is 0 Å². The maximum atomic E-state index is 12.1. The summed E-state index contributed by atoms with van der Waals surface area (Å²) in [5.74, 6) is -0.139. The molecule has 1 aliphatic rings. The van der Waals surface area contributed by atoms with Crippen LogP contribution in [0.5, 0.6) is 0 Å². The lowest BCUT2D eigenvalue weighted by molar-refractivity contribution is 0.171. The molecule has 106 valence electrons. The van der Waals surface area contributed by atoms with Crippen LogP contribution in [0.4, 0.5) is 0 Å². The van der Waals surface area contributed by atoms with E-state index < -0.39 is 20.6 Å². The molecular formula is C13H18ClNO3S. The Morgan fingerprint density at radius 1 is 1.37 bits per heavy atom. The lowest BCUT2D eigenvalue weighted by atomic mass is 10.1. The van der Waals surface area contributed by atoms with E-state index in [1.807, 2.05) is 12.1 Å². The van der Waals surface area contributed by atoms with Crippen LogP contribution in [0.1, 0.15) is 18.4 Å². The molecule has 0 saturated heterocycles. The van der Waals surface area contributed by atoms with Crippen molar-refractivity contribution in [3.8, 4) is 0 Å². The van der Waals surface area contributed by atoms with E-state index in [0.29, 0.717) is 5.02 Å². The lowest BCUT2D eigenvalue weighted by Gasteiger charge is -2.10. The second-order valence-corrected chi connectivity index (χ2v) is 7.79. The highest BCUT2D eigenvalue weighted by Gasteiger charge is 2.68. The summed E-state index contributed by atoms with van der Waals surface area (Å²) in [5.41, 5.74) is 6.30. The number of hydrogen-bond donors (Lipinski definition) is 1. The second kappa shape index (κ2) is 5.05. The number of methoxy groups -OCH3 is 1. The second-order valence-electron chi connectivity index (χ2n) is 4.95. The summed E-state index contributed by atoms with van der Waals surface area (Å²) in [6.07, 6.45) is 0. The monoisotopic (exact) mass is 303 g/mol. The summed E-state index contributed by atoms with van der Waals surface area (Å²) < 4.78 is 29.4. The molecule has 2 N–H and O–H groups in total. The smallest absolute Gasteiger partial charge is 0.155 e. The molecule has 0 aliphatic heterocycles. The van der Waals surface area contributed by atoms with Gasteiger partial charge < -0.3 is 10.5 Å². The van der Waals surface area contributed by atoms with E-state index in [1.54, 1.807) is 19.1 Å². The van der Waals surface area contributed by atoms with E-state index in [1.165, 1.54) is 7.11 Å². The van der Waals surface area contributed by atoms with Gasteiger partial charge in [0.2, 0.25) is 0 Å². The molecule has 19 heavy (non-hydrogen) atoms. The van der Waals surface area contributed by atoms with Gasteiger partial charge in [0.15, 0.2) is 9.84 Å². The van der Waals surface area contributed by atoms with Crippen molar-refractivity contribution in [2.24, 2.45) is 5.73 Å². The minimum Gasteiger partial charge on any atom is -0.383 e. The van der Waals surface area contributed by atoms with Crippen molar-refractivity contribution >= 4 is 21.4 Å². The van der Waals surface area contributed by atoms with Crippen LogP contribution in [-0.2, 0) is 14.6 Å². The van der Waals surface area contributed by atoms with E-state index >= 15 is 0 Å². The fourth-order valence-electron chi connectivity index (χ4n) is 2.72. The normalized spacial score (nSPS) is 30.3. The van der Waals surface area contributed by atoms with Crippen LogP contribution in [0.3, 0.4) is 0 Å². The average molecular weight is 304 g/mol. The third-order valence-electron chi connectivity index (χ3n) is 3.72. The summed E-state index contributed by atoms with van der Waals surface area (Å²) in [7, 11) is -1.67. The molecule has 1 aliphatic carbocycles. The van der Waals surface area contributed by atoms with Crippen molar-refractivity contribution in [1.82, 2.24) is 0 Å². The molecular weight excluding hydrogens is 286 g/mol. The third-order valence-corrected chi connectivity index (χ3v) is 6.26. The first kappa shape index (κ1) is 14.8. The highest BCUT2D eigenvalue weighted by Crippen LogP contribution is 2.54. The number of benzene rings is 1. The van der Waals surface area contributed by atoms with Gasteiger partial charge in [-0.25, -0.2) is 8.42 Å². The van der Waals surface area contributed by atoms with Crippen LogP contribution in [0.25, 0.3) is 0 Å². The van der Waals surface area contributed by atoms with Crippen LogP contribution >= 0.6 is 11.6 Å². The summed E-state index contributed by atoms with van der Waals surface area (Å²) >= 11 is 5.85. The Morgan fingerprint density at radius 3 is 2.42 bits per heavy atom. The van der Waals surface area contributed by atoms with Crippen LogP contribution in [0.2, 0.25) is 5.02 Å². The number of rotatable bonds is 5. The highest BCUT2D eigenvalue weighted by atomic mass is 35.5. The molecule has 0 heterocycles. The van der Waals surface area contributed by atoms with E-state index in [2.05, 4.69) is 0 Å². The number of hydrogen-bond acceptors (Lipinski definition) is 4. The Bertz CT molecular complexity index is 558. The van der Waals surface area contributed by atoms with E-state index in [4.69, 9.17) is 22.1 Å². The molecule has 0 bridgehead atoms. The van der Waals surface area contributed by atoms with Crippen molar-refractivity contribution in [2.45, 2.75) is 23.6 Å². The fraction of sp³-hybridized carbons (Fsp3) is 0.538. The zero-order valence-corrected chi connectivity index (χ0v) is 12.5. The highest BCUT2D eigenvalue weighted by molar-refractivity contribution is 7.92. The first-order valence-electron chi connectivity index (χ1n) is 6.11.